The number of nitrogens with one attached hydrogen (secondary N) is 1. The van der Waals surface area contributed by atoms with Crippen molar-refractivity contribution in [2.75, 3.05) is 5.32 Å². The number of anilines is 1. The second kappa shape index (κ2) is 7.58. The lowest BCUT2D eigenvalue weighted by Gasteiger charge is -2.15. The van der Waals surface area contributed by atoms with Crippen molar-refractivity contribution in [1.29, 1.82) is 0 Å². The predicted octanol–water partition coefficient (Wildman–Crippen LogP) is 5.75. The van der Waals surface area contributed by atoms with E-state index in [2.05, 4.69) is 10.5 Å². The summed E-state index contributed by atoms with van der Waals surface area (Å²) >= 11 is 6.12. The maximum atomic E-state index is 13.1. The standard InChI is InChI=1S/C19H16ClFN2O3/c1-11-17(18(26-23-11)13-7-9-14(21)10-8-13)22-19(24)25-12(2)15-5-3-4-6-16(15)20/h3-10,12H,1-2H3,(H,22,24). The van der Waals surface area contributed by atoms with Crippen LogP contribution in [0.1, 0.15) is 24.3 Å². The zero-order valence-corrected chi connectivity index (χ0v) is 14.9. The van der Waals surface area contributed by atoms with Crippen LogP contribution < -0.4 is 5.32 Å². The number of aryl methyl sites for hydroxylation is 1. The molecule has 1 aromatic heterocycles. The summed E-state index contributed by atoms with van der Waals surface area (Å²) in [6.07, 6.45) is -1.22. The molecule has 3 rings (SSSR count). The molecule has 0 spiro atoms. The lowest BCUT2D eigenvalue weighted by Crippen LogP contribution is -2.17. The summed E-state index contributed by atoms with van der Waals surface area (Å²) in [5.74, 6) is -0.0442. The molecule has 5 nitrogen and oxygen atoms in total. The van der Waals surface area contributed by atoms with Gasteiger partial charge in [-0.1, -0.05) is 35.0 Å². The first-order chi connectivity index (χ1) is 12.5. The minimum Gasteiger partial charge on any atom is -0.441 e. The van der Waals surface area contributed by atoms with Crippen LogP contribution in [-0.4, -0.2) is 11.2 Å². The molecule has 1 unspecified atom stereocenters. The second-order valence-electron chi connectivity index (χ2n) is 5.67. The number of carbonyl (C=O) groups is 1. The van der Waals surface area contributed by atoms with Crippen LogP contribution in [0.25, 0.3) is 11.3 Å². The fraction of sp³-hybridized carbons (Fsp3) is 0.158. The van der Waals surface area contributed by atoms with Crippen molar-refractivity contribution in [2.24, 2.45) is 0 Å². The molecule has 2 aromatic carbocycles. The molecule has 0 aliphatic rings. The van der Waals surface area contributed by atoms with E-state index in [-0.39, 0.29) is 5.82 Å². The summed E-state index contributed by atoms with van der Waals surface area (Å²) in [5.41, 5.74) is 2.13. The highest BCUT2D eigenvalue weighted by Gasteiger charge is 2.20. The minimum absolute atomic E-state index is 0.324. The third-order valence-electron chi connectivity index (χ3n) is 3.82. The van der Waals surface area contributed by atoms with Crippen LogP contribution in [0.15, 0.2) is 53.1 Å². The van der Waals surface area contributed by atoms with Gasteiger partial charge in [0.05, 0.1) is 0 Å². The normalized spacial score (nSPS) is 11.8. The van der Waals surface area contributed by atoms with E-state index >= 15 is 0 Å². The molecular weight excluding hydrogens is 359 g/mol. The van der Waals surface area contributed by atoms with Crippen molar-refractivity contribution in [3.8, 4) is 11.3 Å². The smallest absolute Gasteiger partial charge is 0.412 e. The molecule has 0 saturated heterocycles. The first-order valence-corrected chi connectivity index (χ1v) is 8.27. The summed E-state index contributed by atoms with van der Waals surface area (Å²) in [4.78, 5) is 12.3. The molecular formula is C19H16ClFN2O3. The van der Waals surface area contributed by atoms with Gasteiger partial charge >= 0.3 is 6.09 Å². The van der Waals surface area contributed by atoms with Gasteiger partial charge in [-0.05, 0) is 44.2 Å². The summed E-state index contributed by atoms with van der Waals surface area (Å²) in [7, 11) is 0. The van der Waals surface area contributed by atoms with E-state index in [4.69, 9.17) is 20.9 Å². The van der Waals surface area contributed by atoms with Gasteiger partial charge in [0.1, 0.15) is 23.3 Å². The number of hydrogen-bond donors (Lipinski definition) is 1. The summed E-state index contributed by atoms with van der Waals surface area (Å²) in [6, 6.07) is 12.8. The lowest BCUT2D eigenvalue weighted by atomic mass is 10.1. The Hall–Kier alpha value is -2.86. The van der Waals surface area contributed by atoms with E-state index in [0.717, 1.165) is 0 Å². The third-order valence-corrected chi connectivity index (χ3v) is 4.17. The number of benzene rings is 2. The maximum absolute atomic E-state index is 13.1. The topological polar surface area (TPSA) is 64.4 Å². The molecule has 0 aliphatic heterocycles. The Morgan fingerprint density at radius 1 is 1.23 bits per heavy atom. The van der Waals surface area contributed by atoms with Gasteiger partial charge in [-0.25, -0.2) is 9.18 Å². The van der Waals surface area contributed by atoms with E-state index < -0.39 is 12.2 Å². The van der Waals surface area contributed by atoms with Crippen molar-refractivity contribution in [3.63, 3.8) is 0 Å². The number of amides is 1. The molecule has 0 radical (unpaired) electrons. The zero-order valence-electron chi connectivity index (χ0n) is 14.1. The minimum atomic E-state index is -0.674. The molecule has 1 heterocycles. The molecule has 134 valence electrons. The molecule has 0 fully saturated rings. The number of hydrogen-bond acceptors (Lipinski definition) is 4. The Kier molecular flexibility index (Phi) is 5.23. The molecule has 1 N–H and O–H groups in total. The maximum Gasteiger partial charge on any atom is 0.412 e. The summed E-state index contributed by atoms with van der Waals surface area (Å²) in [5, 5.41) is 7.01. The second-order valence-corrected chi connectivity index (χ2v) is 6.08. The van der Waals surface area contributed by atoms with Crippen molar-refractivity contribution in [1.82, 2.24) is 5.16 Å². The molecule has 3 aromatic rings. The molecule has 7 heteroatoms. The van der Waals surface area contributed by atoms with Gasteiger partial charge in [-0.2, -0.15) is 0 Å². The molecule has 26 heavy (non-hydrogen) atoms. The Labute approximate surface area is 154 Å². The number of rotatable bonds is 4. The van der Waals surface area contributed by atoms with Crippen molar-refractivity contribution >= 4 is 23.4 Å². The average Bonchev–Trinajstić information content (AvgIpc) is 2.96. The number of ether oxygens (including phenoxy) is 1. The Balaban J connectivity index is 1.77. The van der Waals surface area contributed by atoms with Crippen molar-refractivity contribution in [2.45, 2.75) is 20.0 Å². The molecule has 0 saturated carbocycles. The predicted molar refractivity (Wildman–Crippen MR) is 96.6 cm³/mol. The quantitative estimate of drug-likeness (QED) is 0.631. The SMILES string of the molecule is Cc1noc(-c2ccc(F)cc2)c1NC(=O)OC(C)c1ccccc1Cl. The van der Waals surface area contributed by atoms with Gasteiger partial charge in [0, 0.05) is 16.1 Å². The van der Waals surface area contributed by atoms with E-state index in [9.17, 15) is 9.18 Å². The first-order valence-electron chi connectivity index (χ1n) is 7.90. The molecule has 1 amide bonds. The molecule has 0 bridgehead atoms. The zero-order chi connectivity index (χ0) is 18.7. The highest BCUT2D eigenvalue weighted by Crippen LogP contribution is 2.32. The summed E-state index contributed by atoms with van der Waals surface area (Å²) in [6.45, 7) is 3.41. The van der Waals surface area contributed by atoms with Crippen LogP contribution in [0.5, 0.6) is 0 Å². The van der Waals surface area contributed by atoms with Crippen LogP contribution >= 0.6 is 11.6 Å². The van der Waals surface area contributed by atoms with Crippen LogP contribution in [0.4, 0.5) is 14.9 Å². The third kappa shape index (κ3) is 3.86. The molecule has 0 aliphatic carbocycles. The van der Waals surface area contributed by atoms with Crippen molar-refractivity contribution in [3.05, 3.63) is 70.6 Å². The molecule has 1 atom stereocenters. The number of halogens is 2. The van der Waals surface area contributed by atoms with E-state index in [1.54, 1.807) is 32.0 Å². The number of carbonyl (C=O) groups excluding carboxylic acids is 1. The van der Waals surface area contributed by atoms with E-state index in [0.29, 0.717) is 33.3 Å². The highest BCUT2D eigenvalue weighted by molar-refractivity contribution is 6.31. The van der Waals surface area contributed by atoms with Crippen LogP contribution in [0.2, 0.25) is 5.02 Å². The van der Waals surface area contributed by atoms with Gasteiger partial charge in [0.2, 0.25) is 0 Å². The number of aromatic nitrogens is 1. The Morgan fingerprint density at radius 3 is 2.62 bits per heavy atom. The average molecular weight is 375 g/mol. The Morgan fingerprint density at radius 2 is 1.92 bits per heavy atom. The fourth-order valence-corrected chi connectivity index (χ4v) is 2.76. The van der Waals surface area contributed by atoms with Crippen LogP contribution in [-0.2, 0) is 4.74 Å². The van der Waals surface area contributed by atoms with Gasteiger partial charge in [0.25, 0.3) is 0 Å². The first kappa shape index (κ1) is 17.9. The monoisotopic (exact) mass is 374 g/mol. The van der Waals surface area contributed by atoms with Gasteiger partial charge in [0.15, 0.2) is 5.76 Å². The fourth-order valence-electron chi connectivity index (χ4n) is 2.48. The number of nitrogens with zero attached hydrogens (tertiary/aromatic N) is 1. The van der Waals surface area contributed by atoms with Crippen LogP contribution in [0, 0.1) is 12.7 Å². The van der Waals surface area contributed by atoms with Gasteiger partial charge in [-0.3, -0.25) is 5.32 Å². The summed E-state index contributed by atoms with van der Waals surface area (Å²) < 4.78 is 23.8. The van der Waals surface area contributed by atoms with Gasteiger partial charge < -0.3 is 9.26 Å². The van der Waals surface area contributed by atoms with Crippen molar-refractivity contribution < 1.29 is 18.4 Å². The van der Waals surface area contributed by atoms with E-state index in [1.807, 2.05) is 6.07 Å². The van der Waals surface area contributed by atoms with Gasteiger partial charge in [-0.15, -0.1) is 0 Å². The highest BCUT2D eigenvalue weighted by atomic mass is 35.5. The Bertz CT molecular complexity index is 925. The van der Waals surface area contributed by atoms with Crippen LogP contribution in [0.3, 0.4) is 0 Å². The van der Waals surface area contributed by atoms with E-state index in [1.165, 1.54) is 24.3 Å². The largest absolute Gasteiger partial charge is 0.441 e. The lowest BCUT2D eigenvalue weighted by molar-refractivity contribution is 0.121.